The summed E-state index contributed by atoms with van der Waals surface area (Å²) < 4.78 is 68.3. The van der Waals surface area contributed by atoms with E-state index in [9.17, 15) is 25.9 Å². The molecule has 0 amide bonds. The summed E-state index contributed by atoms with van der Waals surface area (Å²) in [5, 5.41) is 0. The van der Waals surface area contributed by atoms with E-state index in [1.165, 1.54) is 36.4 Å². The maximum Gasteiger partial charge on any atom is 0.124 e. The monoisotopic (exact) mass is 404 g/mol. The second-order valence-electron chi connectivity index (χ2n) is 6.78. The highest BCUT2D eigenvalue weighted by Gasteiger charge is 2.23. The zero-order chi connectivity index (χ0) is 20.0. The van der Waals surface area contributed by atoms with Crippen LogP contribution in [0.1, 0.15) is 42.0 Å². The van der Waals surface area contributed by atoms with E-state index in [4.69, 9.17) is 0 Å². The molecule has 0 heterocycles. The predicted molar refractivity (Wildman–Crippen MR) is 96.1 cm³/mol. The van der Waals surface area contributed by atoms with Crippen LogP contribution in [-0.4, -0.2) is 25.9 Å². The Balaban J connectivity index is 2.24. The molecular formula is C19H16O6S2-2. The molecule has 1 atom stereocenters. The average Bonchev–Trinajstić information content (AvgIpc) is 2.54. The van der Waals surface area contributed by atoms with Gasteiger partial charge in [-0.05, 0) is 65.8 Å². The first-order valence-electron chi connectivity index (χ1n) is 8.17. The van der Waals surface area contributed by atoms with Crippen molar-refractivity contribution in [1.29, 1.82) is 0 Å². The van der Waals surface area contributed by atoms with E-state index < -0.39 is 20.2 Å². The minimum atomic E-state index is -4.61. The van der Waals surface area contributed by atoms with Gasteiger partial charge in [-0.25, -0.2) is 16.8 Å². The number of hydrogen-bond acceptors (Lipinski definition) is 6. The predicted octanol–water partition coefficient (Wildman–Crippen LogP) is 2.19. The van der Waals surface area contributed by atoms with Gasteiger partial charge in [-0.3, -0.25) is 0 Å². The van der Waals surface area contributed by atoms with Gasteiger partial charge in [0.25, 0.3) is 0 Å². The van der Waals surface area contributed by atoms with Crippen molar-refractivity contribution in [2.45, 2.75) is 36.0 Å². The third-order valence-electron chi connectivity index (χ3n) is 4.65. The molecule has 0 fully saturated rings. The first kappa shape index (κ1) is 19.6. The molecule has 6 nitrogen and oxygen atoms in total. The van der Waals surface area contributed by atoms with Gasteiger partial charge >= 0.3 is 0 Å². The van der Waals surface area contributed by atoms with Gasteiger partial charge in [0.05, 0.1) is 9.79 Å². The molecule has 0 radical (unpaired) electrons. The molecule has 2 aromatic carbocycles. The highest BCUT2D eigenvalue weighted by Crippen LogP contribution is 2.34. The smallest absolute Gasteiger partial charge is 0.124 e. The molecule has 8 heteroatoms. The quantitative estimate of drug-likeness (QED) is 0.572. The van der Waals surface area contributed by atoms with Crippen molar-refractivity contribution in [1.82, 2.24) is 0 Å². The lowest BCUT2D eigenvalue weighted by atomic mass is 9.79. The largest absolute Gasteiger partial charge is 0.744 e. The van der Waals surface area contributed by atoms with Crippen LogP contribution in [0, 0.1) is 17.8 Å². The third kappa shape index (κ3) is 4.06. The molecule has 27 heavy (non-hydrogen) atoms. The molecule has 3 rings (SSSR count). The van der Waals surface area contributed by atoms with E-state index in [0.29, 0.717) is 28.7 Å². The standard InChI is InChI=1S/C19H18O6S2/c1-12(2)18-10-15-9-16(26(20,21)22)7-5-13(15)3-4-14-6-8-17(11-19(14)18)27(23,24)25/h5-9,11-12,18H,10H2,1-2H3,(H,20,21,22)(H,23,24,25)/p-2. The average molecular weight is 404 g/mol. The number of rotatable bonds is 3. The van der Waals surface area contributed by atoms with E-state index in [2.05, 4.69) is 11.8 Å². The fourth-order valence-electron chi connectivity index (χ4n) is 3.21. The van der Waals surface area contributed by atoms with E-state index in [-0.39, 0.29) is 21.6 Å². The van der Waals surface area contributed by atoms with Gasteiger partial charge in [0.1, 0.15) is 20.2 Å². The van der Waals surface area contributed by atoms with Gasteiger partial charge < -0.3 is 9.11 Å². The Labute approximate surface area is 158 Å². The van der Waals surface area contributed by atoms with Crippen molar-refractivity contribution in [3.8, 4) is 11.8 Å². The van der Waals surface area contributed by atoms with Crippen molar-refractivity contribution in [3.05, 3.63) is 58.7 Å². The molecule has 142 valence electrons. The van der Waals surface area contributed by atoms with Gasteiger partial charge in [-0.2, -0.15) is 0 Å². The fraction of sp³-hybridized carbons (Fsp3) is 0.263. The summed E-state index contributed by atoms with van der Waals surface area (Å²) in [4.78, 5) is -0.660. The maximum absolute atomic E-state index is 11.4. The van der Waals surface area contributed by atoms with Crippen molar-refractivity contribution < 1.29 is 25.9 Å². The van der Waals surface area contributed by atoms with Gasteiger partial charge in [-0.1, -0.05) is 25.7 Å². The molecule has 0 aromatic heterocycles. The summed E-state index contributed by atoms with van der Waals surface area (Å²) in [6, 6.07) is 8.16. The van der Waals surface area contributed by atoms with Crippen LogP contribution in [0.15, 0.2) is 46.2 Å². The Morgan fingerprint density at radius 2 is 1.41 bits per heavy atom. The Kier molecular flexibility index (Phi) is 4.91. The molecule has 1 aliphatic rings. The van der Waals surface area contributed by atoms with Crippen LogP contribution in [-0.2, 0) is 26.7 Å². The van der Waals surface area contributed by atoms with Crippen molar-refractivity contribution in [3.63, 3.8) is 0 Å². The lowest BCUT2D eigenvalue weighted by Gasteiger charge is -2.26. The van der Waals surface area contributed by atoms with Crippen LogP contribution in [0.5, 0.6) is 0 Å². The molecule has 0 spiro atoms. The van der Waals surface area contributed by atoms with Crippen LogP contribution >= 0.6 is 0 Å². The molecule has 1 aliphatic carbocycles. The van der Waals surface area contributed by atoms with Crippen LogP contribution in [0.4, 0.5) is 0 Å². The summed E-state index contributed by atoms with van der Waals surface area (Å²) >= 11 is 0. The van der Waals surface area contributed by atoms with Crippen molar-refractivity contribution in [2.75, 3.05) is 0 Å². The molecular weight excluding hydrogens is 388 g/mol. The summed E-state index contributed by atoms with van der Waals surface area (Å²) in [5.74, 6) is 5.75. The zero-order valence-electron chi connectivity index (χ0n) is 14.6. The highest BCUT2D eigenvalue weighted by atomic mass is 32.2. The van der Waals surface area contributed by atoms with Crippen molar-refractivity contribution >= 4 is 20.2 Å². The SMILES string of the molecule is CC(C)C1Cc2cc(S(=O)(=O)[O-])ccc2C#Cc2ccc(S(=O)(=O)[O-])cc21. The normalized spacial score (nSPS) is 16.6. The lowest BCUT2D eigenvalue weighted by Crippen LogP contribution is -2.15. The summed E-state index contributed by atoms with van der Waals surface area (Å²) in [6.45, 7) is 3.88. The molecule has 0 saturated carbocycles. The third-order valence-corrected chi connectivity index (χ3v) is 6.32. The van der Waals surface area contributed by atoms with Crippen LogP contribution in [0.2, 0.25) is 0 Å². The van der Waals surface area contributed by atoms with Gasteiger partial charge in [0, 0.05) is 11.1 Å². The van der Waals surface area contributed by atoms with Crippen molar-refractivity contribution in [2.24, 2.45) is 5.92 Å². The Hall–Kier alpha value is -2.18. The van der Waals surface area contributed by atoms with E-state index in [1.54, 1.807) is 0 Å². The minimum absolute atomic E-state index is 0.0496. The molecule has 2 aromatic rings. The Morgan fingerprint density at radius 1 is 0.889 bits per heavy atom. The van der Waals surface area contributed by atoms with E-state index >= 15 is 0 Å². The number of fused-ring (bicyclic) bond motifs is 2. The summed E-state index contributed by atoms with van der Waals surface area (Å²) in [7, 11) is -9.21. The first-order chi connectivity index (χ1) is 12.5. The van der Waals surface area contributed by atoms with E-state index in [1.807, 2.05) is 13.8 Å². The first-order valence-corrected chi connectivity index (χ1v) is 11.0. The van der Waals surface area contributed by atoms with Crippen LogP contribution in [0.25, 0.3) is 0 Å². The number of benzene rings is 2. The van der Waals surface area contributed by atoms with Crippen LogP contribution < -0.4 is 0 Å². The van der Waals surface area contributed by atoms with Gasteiger partial charge in [0.15, 0.2) is 0 Å². The fourth-order valence-corrected chi connectivity index (χ4v) is 4.24. The molecule has 0 N–H and O–H groups in total. The molecule has 0 bridgehead atoms. The second kappa shape index (κ2) is 6.77. The summed E-state index contributed by atoms with van der Waals surface area (Å²) in [5.41, 5.74) is 2.45. The van der Waals surface area contributed by atoms with Gasteiger partial charge in [0.2, 0.25) is 0 Å². The van der Waals surface area contributed by atoms with E-state index in [0.717, 1.165) is 0 Å². The lowest BCUT2D eigenvalue weighted by molar-refractivity contribution is 0.459. The molecule has 0 saturated heterocycles. The van der Waals surface area contributed by atoms with Gasteiger partial charge in [-0.15, -0.1) is 0 Å². The highest BCUT2D eigenvalue weighted by molar-refractivity contribution is 7.86. The summed E-state index contributed by atoms with van der Waals surface area (Å²) in [6.07, 6.45) is 0.362. The Bertz CT molecular complexity index is 1180. The zero-order valence-corrected chi connectivity index (χ0v) is 16.2. The van der Waals surface area contributed by atoms with Crippen LogP contribution in [0.3, 0.4) is 0 Å². The molecule has 1 unspecified atom stereocenters. The maximum atomic E-state index is 11.4. The molecule has 0 aliphatic heterocycles. The number of hydrogen-bond donors (Lipinski definition) is 0. The second-order valence-corrected chi connectivity index (χ2v) is 9.54. The topological polar surface area (TPSA) is 114 Å². The Morgan fingerprint density at radius 3 is 1.96 bits per heavy atom. The minimum Gasteiger partial charge on any atom is -0.744 e.